The van der Waals surface area contributed by atoms with Crippen LogP contribution in [0.2, 0.25) is 0 Å². The van der Waals surface area contributed by atoms with Crippen molar-refractivity contribution in [2.75, 3.05) is 19.7 Å². The average Bonchev–Trinajstić information content (AvgIpc) is 2.72. The molecule has 1 aromatic carbocycles. The molecule has 1 amide bonds. The summed E-state index contributed by atoms with van der Waals surface area (Å²) < 4.78 is 19.3. The number of amides is 1. The van der Waals surface area contributed by atoms with E-state index in [1.165, 1.54) is 17.7 Å². The molecule has 2 aliphatic heterocycles. The molecule has 3 heterocycles. The van der Waals surface area contributed by atoms with Crippen molar-refractivity contribution in [1.29, 1.82) is 0 Å². The first-order valence-corrected chi connectivity index (χ1v) is 10.5. The Morgan fingerprint density at radius 2 is 2.03 bits per heavy atom. The van der Waals surface area contributed by atoms with Gasteiger partial charge in [0.25, 0.3) is 5.91 Å². The number of hydrogen-bond acceptors (Lipinski definition) is 4. The van der Waals surface area contributed by atoms with E-state index in [1.807, 2.05) is 12.4 Å². The molecule has 0 unspecified atom stereocenters. The Morgan fingerprint density at radius 3 is 2.90 bits per heavy atom. The number of piperidine rings is 1. The largest absolute Gasteiger partial charge is 0.483 e. The number of halogens is 1. The Bertz CT molecular complexity index is 830. The van der Waals surface area contributed by atoms with Crippen LogP contribution in [-0.2, 0) is 17.8 Å². The van der Waals surface area contributed by atoms with Crippen molar-refractivity contribution in [1.82, 2.24) is 15.2 Å². The number of carbonyl (C=O) groups excluding carboxylic acids is 1. The molecule has 0 radical (unpaired) electrons. The summed E-state index contributed by atoms with van der Waals surface area (Å²) in [6.45, 7) is 2.82. The first kappa shape index (κ1) is 19.8. The van der Waals surface area contributed by atoms with Crippen molar-refractivity contribution >= 4 is 5.91 Å². The summed E-state index contributed by atoms with van der Waals surface area (Å²) >= 11 is 0. The Hall–Kier alpha value is -2.47. The predicted molar refractivity (Wildman–Crippen MR) is 109 cm³/mol. The maximum absolute atomic E-state index is 13.6. The van der Waals surface area contributed by atoms with Gasteiger partial charge in [-0.2, -0.15) is 0 Å². The van der Waals surface area contributed by atoms with Gasteiger partial charge >= 0.3 is 0 Å². The fraction of sp³-hybridized carbons (Fsp3) is 0.478. The van der Waals surface area contributed by atoms with Crippen LogP contribution in [0.4, 0.5) is 4.39 Å². The third-order valence-electron chi connectivity index (χ3n) is 5.97. The molecule has 4 rings (SSSR count). The fourth-order valence-electron chi connectivity index (χ4n) is 4.48. The summed E-state index contributed by atoms with van der Waals surface area (Å²) in [4.78, 5) is 19.0. The Kier molecular flexibility index (Phi) is 6.39. The molecule has 2 aliphatic rings. The molecular formula is C23H28FN3O2. The normalized spacial score (nSPS) is 23.6. The Labute approximate surface area is 171 Å². The van der Waals surface area contributed by atoms with Crippen LogP contribution in [0.3, 0.4) is 0 Å². The number of likely N-dealkylation sites (tertiary alicyclic amines) is 1. The molecule has 1 aromatic heterocycles. The van der Waals surface area contributed by atoms with E-state index in [4.69, 9.17) is 4.74 Å². The summed E-state index contributed by atoms with van der Waals surface area (Å²) in [5.41, 5.74) is 2.11. The van der Waals surface area contributed by atoms with E-state index >= 15 is 0 Å². The molecule has 2 aromatic rings. The molecule has 6 heteroatoms. The molecule has 1 fully saturated rings. The minimum absolute atomic E-state index is 0.0252. The molecule has 5 nitrogen and oxygen atoms in total. The van der Waals surface area contributed by atoms with Gasteiger partial charge in [0.1, 0.15) is 11.6 Å². The molecule has 1 N–H and O–H groups in total. The minimum atomic E-state index is -0.261. The lowest BCUT2D eigenvalue weighted by atomic mass is 9.87. The SMILES string of the molecule is O=C1COc2ccc(F)cc2CCCC[C@@H]2CN(Cc3ccncc3)CC[C@@H]2N1. The number of benzene rings is 1. The van der Waals surface area contributed by atoms with E-state index < -0.39 is 0 Å². The smallest absolute Gasteiger partial charge is 0.258 e. The monoisotopic (exact) mass is 397 g/mol. The second-order valence-electron chi connectivity index (χ2n) is 8.10. The van der Waals surface area contributed by atoms with Crippen LogP contribution < -0.4 is 10.1 Å². The zero-order valence-corrected chi connectivity index (χ0v) is 16.6. The van der Waals surface area contributed by atoms with Crippen LogP contribution in [0.5, 0.6) is 5.75 Å². The van der Waals surface area contributed by atoms with Gasteiger partial charge in [0.2, 0.25) is 0 Å². The van der Waals surface area contributed by atoms with Crippen LogP contribution in [0.15, 0.2) is 42.7 Å². The number of ether oxygens (including phenoxy) is 1. The van der Waals surface area contributed by atoms with Crippen molar-refractivity contribution in [2.24, 2.45) is 5.92 Å². The number of rotatable bonds is 2. The summed E-state index contributed by atoms with van der Waals surface area (Å²) in [5.74, 6) is 0.674. The summed E-state index contributed by atoms with van der Waals surface area (Å²) in [6.07, 6.45) is 8.48. The van der Waals surface area contributed by atoms with Gasteiger partial charge in [0, 0.05) is 38.1 Å². The van der Waals surface area contributed by atoms with E-state index in [-0.39, 0.29) is 24.4 Å². The molecule has 1 saturated heterocycles. The maximum Gasteiger partial charge on any atom is 0.258 e. The lowest BCUT2D eigenvalue weighted by Gasteiger charge is -2.39. The maximum atomic E-state index is 13.6. The lowest BCUT2D eigenvalue weighted by molar-refractivity contribution is -0.124. The number of nitrogens with one attached hydrogen (secondary N) is 1. The number of hydrogen-bond donors (Lipinski definition) is 1. The van der Waals surface area contributed by atoms with Gasteiger partial charge in [0.05, 0.1) is 0 Å². The van der Waals surface area contributed by atoms with E-state index in [2.05, 4.69) is 27.3 Å². The van der Waals surface area contributed by atoms with E-state index in [1.54, 1.807) is 6.07 Å². The predicted octanol–water partition coefficient (Wildman–Crippen LogP) is 3.33. The zero-order valence-electron chi connectivity index (χ0n) is 16.6. The number of nitrogens with zero attached hydrogens (tertiary/aromatic N) is 2. The third-order valence-corrected chi connectivity index (χ3v) is 5.97. The van der Waals surface area contributed by atoms with Gasteiger partial charge in [0.15, 0.2) is 6.61 Å². The van der Waals surface area contributed by atoms with Crippen LogP contribution in [-0.4, -0.2) is 41.5 Å². The highest BCUT2D eigenvalue weighted by Gasteiger charge is 2.30. The number of pyridine rings is 1. The highest BCUT2D eigenvalue weighted by molar-refractivity contribution is 5.78. The topological polar surface area (TPSA) is 54.5 Å². The fourth-order valence-corrected chi connectivity index (χ4v) is 4.48. The van der Waals surface area contributed by atoms with Crippen molar-refractivity contribution in [3.8, 4) is 5.75 Å². The quantitative estimate of drug-likeness (QED) is 0.845. The number of aromatic nitrogens is 1. The van der Waals surface area contributed by atoms with Crippen LogP contribution in [0, 0.1) is 11.7 Å². The first-order chi connectivity index (χ1) is 14.2. The molecular weight excluding hydrogens is 369 g/mol. The molecule has 0 saturated carbocycles. The van der Waals surface area contributed by atoms with E-state index in [9.17, 15) is 9.18 Å². The molecule has 0 bridgehead atoms. The molecule has 0 spiro atoms. The third kappa shape index (κ3) is 5.32. The Balaban J connectivity index is 1.42. The van der Waals surface area contributed by atoms with Crippen LogP contribution in [0.1, 0.15) is 36.8 Å². The number of aryl methyl sites for hydroxylation is 1. The van der Waals surface area contributed by atoms with Gasteiger partial charge in [-0.25, -0.2) is 4.39 Å². The standard InChI is InChI=1S/C23H28FN3O2/c24-20-5-6-22-18(13-20)3-1-2-4-19-15-27(14-17-7-10-25-11-8-17)12-9-21(19)26-23(28)16-29-22/h5-8,10-11,13,19,21H,1-4,9,12,14-16H2,(H,26,28)/t19-,21+/m1/s1. The average molecular weight is 397 g/mol. The van der Waals surface area contributed by atoms with Crippen molar-refractivity contribution in [2.45, 2.75) is 44.7 Å². The highest BCUT2D eigenvalue weighted by Crippen LogP contribution is 2.27. The molecule has 0 aliphatic carbocycles. The second kappa shape index (κ2) is 9.35. The Morgan fingerprint density at radius 1 is 1.17 bits per heavy atom. The molecule has 29 heavy (non-hydrogen) atoms. The first-order valence-electron chi connectivity index (χ1n) is 10.5. The van der Waals surface area contributed by atoms with Crippen LogP contribution in [0.25, 0.3) is 0 Å². The van der Waals surface area contributed by atoms with Gasteiger partial charge in [-0.15, -0.1) is 0 Å². The van der Waals surface area contributed by atoms with Gasteiger partial charge in [-0.1, -0.05) is 6.42 Å². The minimum Gasteiger partial charge on any atom is -0.483 e. The van der Waals surface area contributed by atoms with E-state index in [0.717, 1.165) is 57.3 Å². The number of carbonyl (C=O) groups is 1. The van der Waals surface area contributed by atoms with Gasteiger partial charge < -0.3 is 10.1 Å². The molecule has 154 valence electrons. The van der Waals surface area contributed by atoms with Crippen LogP contribution >= 0.6 is 0 Å². The van der Waals surface area contributed by atoms with Gasteiger partial charge in [-0.05, 0) is 73.1 Å². The zero-order chi connectivity index (χ0) is 20.1. The second-order valence-corrected chi connectivity index (χ2v) is 8.10. The molecule has 2 atom stereocenters. The van der Waals surface area contributed by atoms with Crippen molar-refractivity contribution < 1.29 is 13.9 Å². The highest BCUT2D eigenvalue weighted by atomic mass is 19.1. The number of fused-ring (bicyclic) bond motifs is 2. The van der Waals surface area contributed by atoms with E-state index in [0.29, 0.717) is 11.7 Å². The summed E-state index contributed by atoms with van der Waals surface area (Å²) in [7, 11) is 0. The van der Waals surface area contributed by atoms with Gasteiger partial charge in [-0.3, -0.25) is 14.7 Å². The summed E-state index contributed by atoms with van der Waals surface area (Å²) in [5, 5.41) is 3.19. The summed E-state index contributed by atoms with van der Waals surface area (Å²) in [6, 6.07) is 8.85. The van der Waals surface area contributed by atoms with Crippen molar-refractivity contribution in [3.63, 3.8) is 0 Å². The van der Waals surface area contributed by atoms with Crippen molar-refractivity contribution in [3.05, 3.63) is 59.7 Å². The lowest BCUT2D eigenvalue weighted by Crippen LogP contribution is -2.51.